The van der Waals surface area contributed by atoms with Gasteiger partial charge >= 0.3 is 0 Å². The molecule has 0 amide bonds. The van der Waals surface area contributed by atoms with E-state index in [9.17, 15) is 0 Å². The highest BCUT2D eigenvalue weighted by molar-refractivity contribution is 5.81. The summed E-state index contributed by atoms with van der Waals surface area (Å²) in [6.45, 7) is 5.81. The lowest BCUT2D eigenvalue weighted by Gasteiger charge is -2.26. The third kappa shape index (κ3) is 8.74. The zero-order valence-electron chi connectivity index (χ0n) is 35.0. The second kappa shape index (κ2) is 18.2. The summed E-state index contributed by atoms with van der Waals surface area (Å²) in [6.07, 6.45) is 21.6. The first-order valence-corrected chi connectivity index (χ1v) is 21.1. The Bertz CT molecular complexity index is 2900. The van der Waals surface area contributed by atoms with Gasteiger partial charge < -0.3 is 4.90 Å². The SMILES string of the molecule is C=CC=N/C(=C\C)C1=CCC(c2cc(-c3ccccc3)cc(-c3nc(-c4ccccc4)nc(-c4cc(-c5ccccc5)cc(-c5ccc(C6C=CC=CN6C)cc5)c4)n3)c2)C=C1. The van der Waals surface area contributed by atoms with Crippen LogP contribution >= 0.6 is 0 Å². The van der Waals surface area contributed by atoms with Crippen LogP contribution < -0.4 is 0 Å². The molecule has 0 spiro atoms. The summed E-state index contributed by atoms with van der Waals surface area (Å²) in [4.78, 5) is 22.6. The normalized spacial score (nSPS) is 16.1. The molecule has 2 aliphatic rings. The maximum Gasteiger partial charge on any atom is 0.164 e. The lowest BCUT2D eigenvalue weighted by atomic mass is 9.86. The Morgan fingerprint density at radius 1 is 0.581 bits per heavy atom. The molecule has 0 saturated heterocycles. The first kappa shape index (κ1) is 39.7. The molecule has 0 N–H and O–H groups in total. The standard InChI is InChI=1S/C57H47N5/c1-4-32-58-53(5-2)44-28-24-42(25-29-44)49-34-47(40-17-9-6-10-18-40)36-51(38-49)56-59-55(46-21-13-8-14-22-46)60-57(61-56)52-37-48(41-19-11-7-12-20-41)35-50(39-52)43-26-30-45(31-27-43)54-23-15-16-33-62(54)3/h4-24,26-39,42,54H,1,25H2,2-3H3/b53-5-,58-32?. The van der Waals surface area contributed by atoms with Crippen molar-refractivity contribution in [2.45, 2.75) is 25.3 Å². The van der Waals surface area contributed by atoms with E-state index in [-0.39, 0.29) is 12.0 Å². The Labute approximate surface area is 365 Å². The first-order valence-electron chi connectivity index (χ1n) is 21.1. The van der Waals surface area contributed by atoms with E-state index in [1.807, 2.05) is 31.2 Å². The summed E-state index contributed by atoms with van der Waals surface area (Å²) in [5.74, 6) is 2.01. The lowest BCUT2D eigenvalue weighted by Crippen LogP contribution is -2.18. The fourth-order valence-electron chi connectivity index (χ4n) is 8.17. The van der Waals surface area contributed by atoms with Gasteiger partial charge in [-0.1, -0.05) is 170 Å². The van der Waals surface area contributed by atoms with Crippen molar-refractivity contribution in [3.63, 3.8) is 0 Å². The molecule has 6 aromatic carbocycles. The molecule has 7 aromatic rings. The molecule has 2 heterocycles. The minimum absolute atomic E-state index is 0.153. The Hall–Kier alpha value is -7.76. The third-order valence-electron chi connectivity index (χ3n) is 11.5. The quantitative estimate of drug-likeness (QED) is 0.122. The van der Waals surface area contributed by atoms with Gasteiger partial charge in [-0.25, -0.2) is 15.0 Å². The van der Waals surface area contributed by atoms with Crippen LogP contribution in [0.1, 0.15) is 36.4 Å². The average molecular weight is 802 g/mol. The van der Waals surface area contributed by atoms with Gasteiger partial charge in [0, 0.05) is 35.9 Å². The molecule has 9 rings (SSSR count). The molecule has 1 aromatic heterocycles. The van der Waals surface area contributed by atoms with Crippen LogP contribution in [0.4, 0.5) is 0 Å². The summed E-state index contributed by atoms with van der Waals surface area (Å²) in [5, 5.41) is 0. The largest absolute Gasteiger partial charge is 0.370 e. The number of nitrogens with zero attached hydrogens (tertiary/aromatic N) is 5. The third-order valence-corrected chi connectivity index (χ3v) is 11.5. The Morgan fingerprint density at radius 3 is 1.65 bits per heavy atom. The summed E-state index contributed by atoms with van der Waals surface area (Å²) in [5.41, 5.74) is 13.9. The van der Waals surface area contributed by atoms with E-state index >= 15 is 0 Å². The van der Waals surface area contributed by atoms with Crippen molar-refractivity contribution in [2.75, 3.05) is 7.05 Å². The van der Waals surface area contributed by atoms with Crippen LogP contribution in [0.5, 0.6) is 0 Å². The summed E-state index contributed by atoms with van der Waals surface area (Å²) in [7, 11) is 2.11. The molecule has 5 nitrogen and oxygen atoms in total. The number of allylic oxidation sites excluding steroid dienone is 7. The van der Waals surface area contributed by atoms with Crippen LogP contribution in [-0.4, -0.2) is 33.1 Å². The first-order chi connectivity index (χ1) is 30.5. The smallest absolute Gasteiger partial charge is 0.164 e. The molecule has 2 unspecified atom stereocenters. The predicted octanol–water partition coefficient (Wildman–Crippen LogP) is 14.1. The van der Waals surface area contributed by atoms with Crippen LogP contribution in [0, 0.1) is 0 Å². The Balaban J connectivity index is 1.18. The van der Waals surface area contributed by atoms with E-state index in [0.717, 1.165) is 67.8 Å². The molecule has 0 radical (unpaired) electrons. The van der Waals surface area contributed by atoms with Gasteiger partial charge in [0.15, 0.2) is 17.5 Å². The van der Waals surface area contributed by atoms with E-state index in [1.54, 1.807) is 12.3 Å². The maximum atomic E-state index is 5.35. The van der Waals surface area contributed by atoms with Gasteiger partial charge in [0.05, 0.1) is 11.7 Å². The van der Waals surface area contributed by atoms with Gasteiger partial charge in [-0.15, -0.1) is 0 Å². The van der Waals surface area contributed by atoms with Crippen LogP contribution in [0.3, 0.4) is 0 Å². The van der Waals surface area contributed by atoms with E-state index in [4.69, 9.17) is 15.0 Å². The van der Waals surface area contributed by atoms with Crippen molar-refractivity contribution >= 4 is 6.21 Å². The number of likely N-dealkylation sites (N-methyl/N-ethyl adjacent to an activating group) is 1. The fourth-order valence-corrected chi connectivity index (χ4v) is 8.17. The number of aliphatic imine (C=N–C) groups is 1. The minimum Gasteiger partial charge on any atom is -0.370 e. The topological polar surface area (TPSA) is 54.3 Å². The highest BCUT2D eigenvalue weighted by atomic mass is 15.1. The van der Waals surface area contributed by atoms with Crippen LogP contribution in [0.15, 0.2) is 229 Å². The summed E-state index contributed by atoms with van der Waals surface area (Å²) in [6, 6.07) is 53.8. The molecule has 62 heavy (non-hydrogen) atoms. The summed E-state index contributed by atoms with van der Waals surface area (Å²) < 4.78 is 0. The van der Waals surface area contributed by atoms with E-state index in [2.05, 4.69) is 200 Å². The molecule has 300 valence electrons. The van der Waals surface area contributed by atoms with E-state index in [1.165, 1.54) is 11.1 Å². The van der Waals surface area contributed by atoms with Gasteiger partial charge in [0.2, 0.25) is 0 Å². The summed E-state index contributed by atoms with van der Waals surface area (Å²) >= 11 is 0. The number of aromatic nitrogens is 3. The van der Waals surface area contributed by atoms with Gasteiger partial charge in [0.25, 0.3) is 0 Å². The number of benzene rings is 6. The Kier molecular flexibility index (Phi) is 11.7. The van der Waals surface area contributed by atoms with Crippen LogP contribution in [0.25, 0.3) is 67.5 Å². The van der Waals surface area contributed by atoms with Crippen LogP contribution in [-0.2, 0) is 0 Å². The molecule has 1 aliphatic heterocycles. The molecular weight excluding hydrogens is 755 g/mol. The monoisotopic (exact) mass is 801 g/mol. The number of hydrogen-bond acceptors (Lipinski definition) is 5. The zero-order valence-corrected chi connectivity index (χ0v) is 35.0. The van der Waals surface area contributed by atoms with Crippen molar-refractivity contribution in [3.8, 4) is 67.5 Å². The van der Waals surface area contributed by atoms with E-state index < -0.39 is 0 Å². The minimum atomic E-state index is 0.153. The van der Waals surface area contributed by atoms with Crippen molar-refractivity contribution in [1.29, 1.82) is 0 Å². The zero-order chi connectivity index (χ0) is 42.3. The van der Waals surface area contributed by atoms with Crippen LogP contribution in [0.2, 0.25) is 0 Å². The molecule has 0 bridgehead atoms. The molecule has 0 saturated carbocycles. The molecule has 1 aliphatic carbocycles. The molecule has 2 atom stereocenters. The predicted molar refractivity (Wildman–Crippen MR) is 258 cm³/mol. The highest BCUT2D eigenvalue weighted by Gasteiger charge is 2.20. The van der Waals surface area contributed by atoms with Gasteiger partial charge in [-0.2, -0.15) is 0 Å². The Morgan fingerprint density at radius 2 is 1.10 bits per heavy atom. The highest BCUT2D eigenvalue weighted by Crippen LogP contribution is 2.38. The van der Waals surface area contributed by atoms with Crippen molar-refractivity contribution in [2.24, 2.45) is 4.99 Å². The van der Waals surface area contributed by atoms with Crippen molar-refractivity contribution in [3.05, 3.63) is 235 Å². The second-order valence-electron chi connectivity index (χ2n) is 15.6. The number of hydrogen-bond donors (Lipinski definition) is 0. The molecular formula is C57H47N5. The lowest BCUT2D eigenvalue weighted by molar-refractivity contribution is 0.390. The second-order valence-corrected chi connectivity index (χ2v) is 15.6. The van der Waals surface area contributed by atoms with Crippen molar-refractivity contribution in [1.82, 2.24) is 19.9 Å². The number of rotatable bonds is 11. The fraction of sp³-hybridized carbons (Fsp3) is 0.0877. The molecule has 0 fully saturated rings. The van der Waals surface area contributed by atoms with Gasteiger partial charge in [0.1, 0.15) is 0 Å². The average Bonchev–Trinajstić information content (AvgIpc) is 3.35. The van der Waals surface area contributed by atoms with E-state index in [0.29, 0.717) is 17.5 Å². The van der Waals surface area contributed by atoms with Crippen molar-refractivity contribution < 1.29 is 0 Å². The maximum absolute atomic E-state index is 5.35. The van der Waals surface area contributed by atoms with Gasteiger partial charge in [-0.05, 0) is 106 Å². The molecule has 5 heteroatoms. The van der Waals surface area contributed by atoms with Gasteiger partial charge in [-0.3, -0.25) is 4.99 Å².